The molecule has 0 heterocycles. The number of sulfonamides is 1. The van der Waals surface area contributed by atoms with Gasteiger partial charge in [0.15, 0.2) is 0 Å². The molecule has 3 aromatic rings. The molecule has 0 saturated heterocycles. The summed E-state index contributed by atoms with van der Waals surface area (Å²) in [6.45, 7) is 1.91. The maximum absolute atomic E-state index is 13.4. The quantitative estimate of drug-likeness (QED) is 0.354. The topological polar surface area (TPSA) is 66.5 Å². The van der Waals surface area contributed by atoms with Crippen LogP contribution in [0.4, 0.5) is 5.69 Å². The minimum atomic E-state index is -3.99. The third-order valence-corrected chi connectivity index (χ3v) is 8.10. The summed E-state index contributed by atoms with van der Waals surface area (Å²) in [4.78, 5) is 12.8. The Morgan fingerprint density at radius 2 is 1.73 bits per heavy atom. The van der Waals surface area contributed by atoms with Crippen molar-refractivity contribution < 1.29 is 13.2 Å². The molecule has 0 aliphatic heterocycles. The van der Waals surface area contributed by atoms with Gasteiger partial charge in [-0.05, 0) is 48.9 Å². The third-order valence-electron chi connectivity index (χ3n) is 4.74. The number of thioether (sulfide) groups is 1. The monoisotopic (exact) mass is 522 g/mol. The van der Waals surface area contributed by atoms with Crippen molar-refractivity contribution in [2.45, 2.75) is 17.6 Å². The number of nitrogens with zero attached hydrogens (tertiary/aromatic N) is 1. The summed E-state index contributed by atoms with van der Waals surface area (Å²) < 4.78 is 27.8. The maximum Gasteiger partial charge on any atom is 0.264 e. The number of aryl methyl sites for hydroxylation is 1. The van der Waals surface area contributed by atoms with Crippen molar-refractivity contribution in [1.82, 2.24) is 5.32 Å². The van der Waals surface area contributed by atoms with Gasteiger partial charge in [-0.2, -0.15) is 11.8 Å². The second-order valence-electron chi connectivity index (χ2n) is 7.31. The van der Waals surface area contributed by atoms with Crippen LogP contribution in [0.15, 0.2) is 77.7 Å². The van der Waals surface area contributed by atoms with Crippen molar-refractivity contribution in [2.24, 2.45) is 0 Å². The van der Waals surface area contributed by atoms with E-state index >= 15 is 0 Å². The Balaban J connectivity index is 1.65. The second-order valence-corrected chi connectivity index (χ2v) is 11.1. The molecule has 5 nitrogen and oxygen atoms in total. The summed E-state index contributed by atoms with van der Waals surface area (Å²) in [6, 6.07) is 20.7. The van der Waals surface area contributed by atoms with Gasteiger partial charge in [0.25, 0.3) is 10.0 Å². The summed E-state index contributed by atoms with van der Waals surface area (Å²) in [6.07, 6.45) is 0. The van der Waals surface area contributed by atoms with Gasteiger partial charge in [-0.15, -0.1) is 0 Å². The SMILES string of the molecule is Cc1ccc(S(=O)(=O)N(CC(=O)NCCSCc2cccc(Cl)c2)c2ccccc2Cl)cc1. The molecule has 0 spiro atoms. The molecule has 0 bridgehead atoms. The number of anilines is 1. The van der Waals surface area contributed by atoms with Gasteiger partial charge in [-0.1, -0.05) is 65.2 Å². The molecule has 0 radical (unpaired) electrons. The average molecular weight is 524 g/mol. The highest BCUT2D eigenvalue weighted by Gasteiger charge is 2.28. The Morgan fingerprint density at radius 3 is 2.42 bits per heavy atom. The van der Waals surface area contributed by atoms with Crippen LogP contribution in [-0.4, -0.2) is 33.2 Å². The first-order valence-electron chi connectivity index (χ1n) is 10.2. The second kappa shape index (κ2) is 11.8. The van der Waals surface area contributed by atoms with Crippen molar-refractivity contribution in [1.29, 1.82) is 0 Å². The lowest BCUT2D eigenvalue weighted by Crippen LogP contribution is -2.41. The zero-order valence-corrected chi connectivity index (χ0v) is 21.1. The highest BCUT2D eigenvalue weighted by atomic mass is 35.5. The van der Waals surface area contributed by atoms with E-state index in [1.807, 2.05) is 31.2 Å². The fourth-order valence-electron chi connectivity index (χ4n) is 3.06. The highest BCUT2D eigenvalue weighted by Crippen LogP contribution is 2.30. The van der Waals surface area contributed by atoms with E-state index in [4.69, 9.17) is 23.2 Å². The molecular formula is C24H24Cl2N2O3S2. The van der Waals surface area contributed by atoms with Crippen molar-refractivity contribution in [3.8, 4) is 0 Å². The number of nitrogens with one attached hydrogen (secondary N) is 1. The van der Waals surface area contributed by atoms with E-state index in [0.29, 0.717) is 17.3 Å². The van der Waals surface area contributed by atoms with E-state index < -0.39 is 15.9 Å². The minimum Gasteiger partial charge on any atom is -0.354 e. The molecule has 3 rings (SSSR count). The number of hydrogen-bond acceptors (Lipinski definition) is 4. The Labute approximate surface area is 209 Å². The van der Waals surface area contributed by atoms with Crippen molar-refractivity contribution in [3.05, 3.63) is 94.0 Å². The van der Waals surface area contributed by atoms with Gasteiger partial charge in [0.2, 0.25) is 5.91 Å². The first-order valence-corrected chi connectivity index (χ1v) is 13.6. The minimum absolute atomic E-state index is 0.0953. The van der Waals surface area contributed by atoms with Crippen LogP contribution in [0.2, 0.25) is 10.0 Å². The molecule has 3 aromatic carbocycles. The first-order chi connectivity index (χ1) is 15.8. The van der Waals surface area contributed by atoms with Gasteiger partial charge >= 0.3 is 0 Å². The molecule has 0 atom stereocenters. The molecule has 174 valence electrons. The highest BCUT2D eigenvalue weighted by molar-refractivity contribution is 7.98. The predicted octanol–water partition coefficient (Wildman–Crippen LogP) is 5.55. The summed E-state index contributed by atoms with van der Waals surface area (Å²) in [5.74, 6) is 1.04. The van der Waals surface area contributed by atoms with Crippen LogP contribution in [-0.2, 0) is 20.6 Å². The molecular weight excluding hydrogens is 499 g/mol. The van der Waals surface area contributed by atoms with Crippen molar-refractivity contribution >= 4 is 56.6 Å². The van der Waals surface area contributed by atoms with Gasteiger partial charge in [0.1, 0.15) is 6.54 Å². The largest absolute Gasteiger partial charge is 0.354 e. The van der Waals surface area contributed by atoms with Crippen molar-refractivity contribution in [3.63, 3.8) is 0 Å². The van der Waals surface area contributed by atoms with E-state index in [1.165, 1.54) is 12.1 Å². The number of carbonyl (C=O) groups excluding carboxylic acids is 1. The molecule has 0 saturated carbocycles. The molecule has 1 amide bonds. The number of hydrogen-bond donors (Lipinski definition) is 1. The Hall–Kier alpha value is -2.19. The Bertz CT molecular complexity index is 1200. The maximum atomic E-state index is 13.4. The zero-order valence-electron chi connectivity index (χ0n) is 18.0. The van der Waals surface area contributed by atoms with E-state index in [9.17, 15) is 13.2 Å². The fourth-order valence-corrected chi connectivity index (χ4v) is 5.80. The molecule has 0 fully saturated rings. The van der Waals surface area contributed by atoms with E-state index in [1.54, 1.807) is 48.2 Å². The average Bonchev–Trinajstić information content (AvgIpc) is 2.78. The van der Waals surface area contributed by atoms with Crippen LogP contribution in [0.5, 0.6) is 0 Å². The van der Waals surface area contributed by atoms with E-state index in [0.717, 1.165) is 21.2 Å². The Kier molecular flexibility index (Phi) is 9.09. The molecule has 9 heteroatoms. The van der Waals surface area contributed by atoms with Crippen LogP contribution in [0.3, 0.4) is 0 Å². The summed E-state index contributed by atoms with van der Waals surface area (Å²) >= 11 is 13.9. The molecule has 0 unspecified atom stereocenters. The van der Waals surface area contributed by atoms with Crippen LogP contribution in [0.25, 0.3) is 0 Å². The zero-order chi connectivity index (χ0) is 23.8. The molecule has 0 aliphatic carbocycles. The number of para-hydroxylation sites is 1. The lowest BCUT2D eigenvalue weighted by atomic mass is 10.2. The van der Waals surface area contributed by atoms with E-state index in [-0.39, 0.29) is 22.2 Å². The first kappa shape index (κ1) is 25.4. The number of benzene rings is 3. The van der Waals surface area contributed by atoms with Gasteiger partial charge in [0.05, 0.1) is 15.6 Å². The third kappa shape index (κ3) is 7.14. The van der Waals surface area contributed by atoms with Gasteiger partial charge < -0.3 is 5.32 Å². The summed E-state index contributed by atoms with van der Waals surface area (Å²) in [5.41, 5.74) is 2.30. The molecule has 0 aliphatic rings. The molecule has 0 aromatic heterocycles. The standard InChI is InChI=1S/C24H24Cl2N2O3S2/c1-18-9-11-21(12-10-18)33(30,31)28(23-8-3-2-7-22(23)26)16-24(29)27-13-14-32-17-19-5-4-6-20(25)15-19/h2-12,15H,13-14,16-17H2,1H3,(H,27,29). The predicted molar refractivity (Wildman–Crippen MR) is 138 cm³/mol. The number of amides is 1. The van der Waals surface area contributed by atoms with Crippen molar-refractivity contribution in [2.75, 3.05) is 23.1 Å². The fraction of sp³-hybridized carbons (Fsp3) is 0.208. The van der Waals surface area contributed by atoms with Crippen LogP contribution < -0.4 is 9.62 Å². The summed E-state index contributed by atoms with van der Waals surface area (Å²) in [7, 11) is -3.99. The Morgan fingerprint density at radius 1 is 1.00 bits per heavy atom. The smallest absolute Gasteiger partial charge is 0.264 e. The van der Waals surface area contributed by atoms with Gasteiger partial charge in [-0.25, -0.2) is 8.42 Å². The number of rotatable bonds is 10. The van der Waals surface area contributed by atoms with Crippen LogP contribution in [0, 0.1) is 6.92 Å². The normalized spacial score (nSPS) is 11.2. The molecule has 33 heavy (non-hydrogen) atoms. The van der Waals surface area contributed by atoms with Gasteiger partial charge in [0, 0.05) is 23.1 Å². The summed E-state index contributed by atoms with van der Waals surface area (Å²) in [5, 5.41) is 3.74. The van der Waals surface area contributed by atoms with Gasteiger partial charge in [-0.3, -0.25) is 9.10 Å². The molecule has 1 N–H and O–H groups in total. The van der Waals surface area contributed by atoms with E-state index in [2.05, 4.69) is 5.32 Å². The number of carbonyl (C=O) groups is 1. The number of halogens is 2. The lowest BCUT2D eigenvalue weighted by molar-refractivity contribution is -0.119. The van der Waals surface area contributed by atoms with Crippen LogP contribution in [0.1, 0.15) is 11.1 Å². The lowest BCUT2D eigenvalue weighted by Gasteiger charge is -2.25. The van der Waals surface area contributed by atoms with Crippen LogP contribution >= 0.6 is 35.0 Å².